The Morgan fingerprint density at radius 1 is 1.55 bits per heavy atom. The third kappa shape index (κ3) is 0.903. The van der Waals surface area contributed by atoms with Crippen LogP contribution in [-0.2, 0) is 0 Å². The molecule has 0 unspecified atom stereocenters. The quantitative estimate of drug-likeness (QED) is 0.729. The molecule has 0 saturated heterocycles. The van der Waals surface area contributed by atoms with Crippen molar-refractivity contribution in [2.45, 2.75) is 0 Å². The zero-order chi connectivity index (χ0) is 7.84. The summed E-state index contributed by atoms with van der Waals surface area (Å²) in [5.74, 6) is 0.497. The monoisotopic (exact) mass is 212 g/mol. The maximum absolute atomic E-state index is 5.58. The van der Waals surface area contributed by atoms with E-state index in [1.807, 2.05) is 0 Å². The van der Waals surface area contributed by atoms with Gasteiger partial charge in [-0.2, -0.15) is 0 Å². The summed E-state index contributed by atoms with van der Waals surface area (Å²) in [6.07, 6.45) is 3.22. The molecular formula is C7H5BrN2O. The van der Waals surface area contributed by atoms with E-state index in [0.717, 1.165) is 15.4 Å². The van der Waals surface area contributed by atoms with Crippen molar-refractivity contribution in [3.05, 3.63) is 23.0 Å². The number of fused-ring (bicyclic) bond motifs is 1. The second-order valence-electron chi connectivity index (χ2n) is 2.15. The molecule has 0 amide bonds. The fourth-order valence-electron chi connectivity index (χ4n) is 0.950. The minimum Gasteiger partial charge on any atom is -0.463 e. The van der Waals surface area contributed by atoms with E-state index in [0.29, 0.717) is 5.82 Å². The number of halogens is 1. The zero-order valence-electron chi connectivity index (χ0n) is 5.54. The number of nitrogens with two attached hydrogens (primary N) is 1. The largest absolute Gasteiger partial charge is 0.463 e. The molecule has 3 nitrogen and oxygen atoms in total. The van der Waals surface area contributed by atoms with Gasteiger partial charge in [-0.25, -0.2) is 4.98 Å². The molecule has 0 saturated carbocycles. The summed E-state index contributed by atoms with van der Waals surface area (Å²) in [4.78, 5) is 3.95. The molecule has 0 aliphatic carbocycles. The summed E-state index contributed by atoms with van der Waals surface area (Å²) < 4.78 is 5.99. The fourth-order valence-corrected chi connectivity index (χ4v) is 1.36. The molecular weight excluding hydrogens is 208 g/mol. The molecule has 0 radical (unpaired) electrons. The molecule has 2 heterocycles. The van der Waals surface area contributed by atoms with E-state index in [1.165, 1.54) is 0 Å². The van der Waals surface area contributed by atoms with Gasteiger partial charge in [0.25, 0.3) is 0 Å². The van der Waals surface area contributed by atoms with Crippen LogP contribution in [0.1, 0.15) is 0 Å². The van der Waals surface area contributed by atoms with Crippen molar-refractivity contribution in [2.24, 2.45) is 0 Å². The van der Waals surface area contributed by atoms with Crippen molar-refractivity contribution >= 4 is 32.7 Å². The van der Waals surface area contributed by atoms with E-state index >= 15 is 0 Å². The Balaban J connectivity index is 2.96. The van der Waals surface area contributed by atoms with Gasteiger partial charge in [0.05, 0.1) is 16.1 Å². The Hall–Kier alpha value is -1.03. The molecule has 2 rings (SSSR count). The lowest BCUT2D eigenvalue weighted by Gasteiger charge is -1.94. The third-order valence-corrected chi connectivity index (χ3v) is 2.04. The number of aromatic nitrogens is 1. The highest BCUT2D eigenvalue weighted by atomic mass is 79.9. The maximum atomic E-state index is 5.58. The maximum Gasteiger partial charge on any atom is 0.153 e. The SMILES string of the molecule is Nc1ncc(Br)c2occc12. The van der Waals surface area contributed by atoms with E-state index in [4.69, 9.17) is 10.2 Å². The van der Waals surface area contributed by atoms with Gasteiger partial charge in [0.15, 0.2) is 5.58 Å². The molecule has 56 valence electrons. The van der Waals surface area contributed by atoms with Gasteiger partial charge in [-0.1, -0.05) is 0 Å². The van der Waals surface area contributed by atoms with Crippen LogP contribution in [0.2, 0.25) is 0 Å². The van der Waals surface area contributed by atoms with E-state index in [-0.39, 0.29) is 0 Å². The van der Waals surface area contributed by atoms with Gasteiger partial charge in [0, 0.05) is 6.20 Å². The van der Waals surface area contributed by atoms with Crippen molar-refractivity contribution < 1.29 is 4.42 Å². The molecule has 4 heteroatoms. The molecule has 0 bridgehead atoms. The van der Waals surface area contributed by atoms with E-state index < -0.39 is 0 Å². The summed E-state index contributed by atoms with van der Waals surface area (Å²) in [5.41, 5.74) is 6.33. The topological polar surface area (TPSA) is 52.0 Å². The smallest absolute Gasteiger partial charge is 0.153 e. The first-order chi connectivity index (χ1) is 5.29. The van der Waals surface area contributed by atoms with Gasteiger partial charge in [0.2, 0.25) is 0 Å². The number of furan rings is 1. The number of hydrogen-bond acceptors (Lipinski definition) is 3. The average molecular weight is 213 g/mol. The second-order valence-corrected chi connectivity index (χ2v) is 3.01. The normalized spacial score (nSPS) is 10.6. The lowest BCUT2D eigenvalue weighted by atomic mass is 10.3. The predicted octanol–water partition coefficient (Wildman–Crippen LogP) is 2.17. The minimum atomic E-state index is 0.497. The molecule has 0 fully saturated rings. The van der Waals surface area contributed by atoms with Crippen molar-refractivity contribution in [3.8, 4) is 0 Å². The molecule has 0 aromatic carbocycles. The number of rotatable bonds is 0. The Labute approximate surface area is 71.3 Å². The first kappa shape index (κ1) is 6.67. The van der Waals surface area contributed by atoms with Crippen LogP contribution in [0.3, 0.4) is 0 Å². The Kier molecular flexibility index (Phi) is 1.35. The molecule has 2 N–H and O–H groups in total. The minimum absolute atomic E-state index is 0.497. The average Bonchev–Trinajstić information content (AvgIpc) is 2.45. The standard InChI is InChI=1S/C7H5BrN2O/c8-5-3-10-7(9)4-1-2-11-6(4)5/h1-3H,(H2,9,10). The number of pyridine rings is 1. The first-order valence-corrected chi connectivity index (χ1v) is 3.85. The molecule has 0 atom stereocenters. The number of nitrogens with zero attached hydrogens (tertiary/aromatic N) is 1. The lowest BCUT2D eigenvalue weighted by molar-refractivity contribution is 0.613. The lowest BCUT2D eigenvalue weighted by Crippen LogP contribution is -1.88. The van der Waals surface area contributed by atoms with E-state index in [9.17, 15) is 0 Å². The van der Waals surface area contributed by atoms with Crippen LogP contribution < -0.4 is 5.73 Å². The van der Waals surface area contributed by atoms with Crippen LogP contribution in [0.15, 0.2) is 27.4 Å². The van der Waals surface area contributed by atoms with Gasteiger partial charge >= 0.3 is 0 Å². The first-order valence-electron chi connectivity index (χ1n) is 3.06. The van der Waals surface area contributed by atoms with Crippen LogP contribution in [0, 0.1) is 0 Å². The second kappa shape index (κ2) is 2.23. The number of anilines is 1. The predicted molar refractivity (Wildman–Crippen MR) is 46.1 cm³/mol. The molecule has 11 heavy (non-hydrogen) atoms. The molecule has 0 spiro atoms. The van der Waals surface area contributed by atoms with Crippen molar-refractivity contribution in [3.63, 3.8) is 0 Å². The van der Waals surface area contributed by atoms with Crippen molar-refractivity contribution in [1.29, 1.82) is 0 Å². The Bertz CT molecular complexity index is 360. The van der Waals surface area contributed by atoms with Crippen molar-refractivity contribution in [1.82, 2.24) is 4.98 Å². The molecule has 0 aliphatic rings. The van der Waals surface area contributed by atoms with Gasteiger partial charge in [0.1, 0.15) is 5.82 Å². The fraction of sp³-hybridized carbons (Fsp3) is 0. The van der Waals surface area contributed by atoms with Gasteiger partial charge in [-0.15, -0.1) is 0 Å². The van der Waals surface area contributed by atoms with Gasteiger partial charge in [-0.05, 0) is 22.0 Å². The highest BCUT2D eigenvalue weighted by Crippen LogP contribution is 2.26. The van der Waals surface area contributed by atoms with E-state index in [1.54, 1.807) is 18.5 Å². The van der Waals surface area contributed by atoms with Crippen LogP contribution in [0.5, 0.6) is 0 Å². The van der Waals surface area contributed by atoms with Crippen LogP contribution in [0.4, 0.5) is 5.82 Å². The molecule has 2 aromatic rings. The van der Waals surface area contributed by atoms with Crippen LogP contribution in [-0.4, -0.2) is 4.98 Å². The zero-order valence-corrected chi connectivity index (χ0v) is 7.13. The summed E-state index contributed by atoms with van der Waals surface area (Å²) >= 11 is 3.30. The van der Waals surface area contributed by atoms with E-state index in [2.05, 4.69) is 20.9 Å². The Morgan fingerprint density at radius 3 is 3.09 bits per heavy atom. The highest BCUT2D eigenvalue weighted by molar-refractivity contribution is 9.10. The summed E-state index contributed by atoms with van der Waals surface area (Å²) in [6, 6.07) is 1.79. The Morgan fingerprint density at radius 2 is 2.36 bits per heavy atom. The van der Waals surface area contributed by atoms with Crippen LogP contribution in [0.25, 0.3) is 11.0 Å². The summed E-state index contributed by atoms with van der Waals surface area (Å²) in [6.45, 7) is 0. The third-order valence-electron chi connectivity index (χ3n) is 1.48. The number of nitrogen functional groups attached to an aromatic ring is 1. The van der Waals surface area contributed by atoms with Crippen molar-refractivity contribution in [2.75, 3.05) is 5.73 Å². The molecule has 0 aliphatic heterocycles. The number of hydrogen-bond donors (Lipinski definition) is 1. The van der Waals surface area contributed by atoms with Crippen LogP contribution >= 0.6 is 15.9 Å². The molecule has 2 aromatic heterocycles. The van der Waals surface area contributed by atoms with Gasteiger partial charge in [-0.3, -0.25) is 0 Å². The highest BCUT2D eigenvalue weighted by Gasteiger charge is 2.04. The summed E-state index contributed by atoms with van der Waals surface area (Å²) in [7, 11) is 0. The summed E-state index contributed by atoms with van der Waals surface area (Å²) in [5, 5.41) is 0.847. The van der Waals surface area contributed by atoms with Gasteiger partial charge < -0.3 is 10.2 Å².